The topological polar surface area (TPSA) is 79.2 Å². The molecule has 108 valence electrons. The van der Waals surface area contributed by atoms with E-state index in [4.69, 9.17) is 10.00 Å². The van der Waals surface area contributed by atoms with Crippen LogP contribution in [0.4, 0.5) is 4.39 Å². The third-order valence-corrected chi connectivity index (χ3v) is 4.82. The Bertz CT molecular complexity index is 646. The van der Waals surface area contributed by atoms with E-state index in [1.54, 1.807) is 13.0 Å². The van der Waals surface area contributed by atoms with Gasteiger partial charge in [-0.25, -0.2) is 17.5 Å². The van der Waals surface area contributed by atoms with Gasteiger partial charge < -0.3 is 4.74 Å². The first kappa shape index (κ1) is 14.9. The first-order valence-electron chi connectivity index (χ1n) is 6.18. The molecule has 5 nitrogen and oxygen atoms in total. The second kappa shape index (κ2) is 5.48. The molecule has 1 unspecified atom stereocenters. The molecular weight excluding hydrogens is 283 g/mol. The summed E-state index contributed by atoms with van der Waals surface area (Å²) in [6.07, 6.45) is 1.43. The fourth-order valence-electron chi connectivity index (χ4n) is 2.16. The normalized spacial score (nSPS) is 23.2. The van der Waals surface area contributed by atoms with Gasteiger partial charge in [-0.1, -0.05) is 0 Å². The molecule has 1 aliphatic rings. The molecule has 0 spiro atoms. The Hall–Kier alpha value is -1.49. The number of sulfonamides is 1. The summed E-state index contributed by atoms with van der Waals surface area (Å²) in [4.78, 5) is -0.123. The lowest BCUT2D eigenvalue weighted by Crippen LogP contribution is -2.51. The molecule has 0 aromatic heterocycles. The molecule has 1 aromatic rings. The minimum absolute atomic E-state index is 0.123. The molecule has 1 N–H and O–H groups in total. The van der Waals surface area contributed by atoms with Crippen molar-refractivity contribution in [2.75, 3.05) is 13.2 Å². The second-order valence-electron chi connectivity index (χ2n) is 5.08. The molecule has 1 aromatic carbocycles. The van der Waals surface area contributed by atoms with Crippen LogP contribution in [0.25, 0.3) is 0 Å². The van der Waals surface area contributed by atoms with Gasteiger partial charge in [0.25, 0.3) is 0 Å². The van der Waals surface area contributed by atoms with Crippen molar-refractivity contribution in [3.8, 4) is 6.07 Å². The molecule has 0 amide bonds. The van der Waals surface area contributed by atoms with E-state index in [2.05, 4.69) is 4.72 Å². The highest BCUT2D eigenvalue weighted by Gasteiger charge is 2.33. The van der Waals surface area contributed by atoms with Crippen LogP contribution in [0.5, 0.6) is 0 Å². The van der Waals surface area contributed by atoms with Crippen molar-refractivity contribution in [1.29, 1.82) is 5.26 Å². The Kier molecular flexibility index (Phi) is 4.09. The zero-order valence-corrected chi connectivity index (χ0v) is 11.8. The van der Waals surface area contributed by atoms with E-state index in [-0.39, 0.29) is 10.5 Å². The van der Waals surface area contributed by atoms with Crippen molar-refractivity contribution >= 4 is 10.0 Å². The summed E-state index contributed by atoms with van der Waals surface area (Å²) in [5.41, 5.74) is -0.976. The number of benzene rings is 1. The lowest BCUT2D eigenvalue weighted by molar-refractivity contribution is 0.0386. The maximum Gasteiger partial charge on any atom is 0.241 e. The lowest BCUT2D eigenvalue weighted by Gasteiger charge is -2.33. The molecule has 7 heteroatoms. The van der Waals surface area contributed by atoms with E-state index in [0.717, 1.165) is 24.6 Å². The van der Waals surface area contributed by atoms with Crippen LogP contribution in [0.15, 0.2) is 23.1 Å². The van der Waals surface area contributed by atoms with Crippen LogP contribution in [0.3, 0.4) is 0 Å². The van der Waals surface area contributed by atoms with Crippen LogP contribution in [-0.2, 0) is 14.8 Å². The monoisotopic (exact) mass is 298 g/mol. The molecule has 1 heterocycles. The van der Waals surface area contributed by atoms with Crippen molar-refractivity contribution in [3.05, 3.63) is 29.6 Å². The van der Waals surface area contributed by atoms with Crippen LogP contribution in [0, 0.1) is 17.1 Å². The summed E-state index contributed by atoms with van der Waals surface area (Å²) in [6.45, 7) is 2.67. The highest BCUT2D eigenvalue weighted by atomic mass is 32.2. The van der Waals surface area contributed by atoms with Crippen molar-refractivity contribution in [2.24, 2.45) is 0 Å². The molecule has 0 aliphatic carbocycles. The van der Waals surface area contributed by atoms with Crippen LogP contribution in [0.2, 0.25) is 0 Å². The first-order valence-corrected chi connectivity index (χ1v) is 7.66. The molecule has 1 aliphatic heterocycles. The summed E-state index contributed by atoms with van der Waals surface area (Å²) < 4.78 is 45.7. The van der Waals surface area contributed by atoms with Crippen molar-refractivity contribution in [1.82, 2.24) is 4.72 Å². The first-order chi connectivity index (χ1) is 9.36. The molecule has 2 rings (SSSR count). The Morgan fingerprint density at radius 1 is 1.50 bits per heavy atom. The van der Waals surface area contributed by atoms with Gasteiger partial charge in [0.15, 0.2) is 0 Å². The van der Waals surface area contributed by atoms with Crippen molar-refractivity contribution in [3.63, 3.8) is 0 Å². The van der Waals surface area contributed by atoms with E-state index >= 15 is 0 Å². The van der Waals surface area contributed by atoms with Crippen LogP contribution in [-0.4, -0.2) is 27.2 Å². The summed E-state index contributed by atoms with van der Waals surface area (Å²) in [6, 6.07) is 4.78. The maximum absolute atomic E-state index is 13.2. The van der Waals surface area contributed by atoms with Gasteiger partial charge in [0.1, 0.15) is 11.9 Å². The molecule has 1 fully saturated rings. The molecular formula is C13H15FN2O3S. The lowest BCUT2D eigenvalue weighted by atomic mass is 9.97. The minimum atomic E-state index is -3.82. The van der Waals surface area contributed by atoms with Gasteiger partial charge >= 0.3 is 0 Å². The summed E-state index contributed by atoms with van der Waals surface area (Å²) in [5, 5.41) is 8.76. The number of ether oxygens (including phenoxy) is 1. The third-order valence-electron chi connectivity index (χ3n) is 3.19. The van der Waals surface area contributed by atoms with Gasteiger partial charge in [0.2, 0.25) is 10.0 Å². The molecule has 0 saturated carbocycles. The standard InChI is InChI=1S/C13H15FN2O3S/c1-13(5-2-6-19-9-13)16-20(17,18)11-3-4-12(14)10(7-11)8-15/h3-4,7,16H,2,5-6,9H2,1H3. The van der Waals surface area contributed by atoms with Crippen molar-refractivity contribution < 1.29 is 17.5 Å². The predicted molar refractivity (Wildman–Crippen MR) is 69.9 cm³/mol. The van der Waals surface area contributed by atoms with E-state index < -0.39 is 21.4 Å². The van der Waals surface area contributed by atoms with E-state index in [0.29, 0.717) is 19.6 Å². The number of halogens is 1. The van der Waals surface area contributed by atoms with Gasteiger partial charge in [0.05, 0.1) is 22.6 Å². The number of rotatable bonds is 3. The minimum Gasteiger partial charge on any atom is -0.380 e. The smallest absolute Gasteiger partial charge is 0.241 e. The highest BCUT2D eigenvalue weighted by molar-refractivity contribution is 7.89. The summed E-state index contributed by atoms with van der Waals surface area (Å²) in [7, 11) is -3.82. The van der Waals surface area contributed by atoms with Crippen molar-refractivity contribution in [2.45, 2.75) is 30.2 Å². The Balaban J connectivity index is 2.29. The zero-order valence-electron chi connectivity index (χ0n) is 11.0. The second-order valence-corrected chi connectivity index (χ2v) is 6.76. The predicted octanol–water partition coefficient (Wildman–Crippen LogP) is 1.54. The van der Waals surface area contributed by atoms with Gasteiger partial charge in [0, 0.05) is 6.61 Å². The molecule has 1 atom stereocenters. The van der Waals surface area contributed by atoms with E-state index in [9.17, 15) is 12.8 Å². The van der Waals surface area contributed by atoms with E-state index in [1.165, 1.54) is 0 Å². The van der Waals surface area contributed by atoms with Gasteiger partial charge in [-0.15, -0.1) is 0 Å². The number of nitriles is 1. The molecule has 0 radical (unpaired) electrons. The average molecular weight is 298 g/mol. The van der Waals surface area contributed by atoms with Gasteiger partial charge in [-0.2, -0.15) is 5.26 Å². The molecule has 0 bridgehead atoms. The fourth-order valence-corrected chi connectivity index (χ4v) is 3.60. The zero-order chi connectivity index (χ0) is 14.8. The largest absolute Gasteiger partial charge is 0.380 e. The number of hydrogen-bond donors (Lipinski definition) is 1. The number of nitrogens with one attached hydrogen (secondary N) is 1. The number of hydrogen-bond acceptors (Lipinski definition) is 4. The number of nitrogens with zero attached hydrogens (tertiary/aromatic N) is 1. The SMILES string of the molecule is CC1(NS(=O)(=O)c2ccc(F)c(C#N)c2)CCCOC1. The Morgan fingerprint density at radius 3 is 2.85 bits per heavy atom. The fraction of sp³-hybridized carbons (Fsp3) is 0.462. The summed E-state index contributed by atoms with van der Waals surface area (Å²) in [5.74, 6) is -0.737. The Morgan fingerprint density at radius 2 is 2.25 bits per heavy atom. The van der Waals surface area contributed by atoms with Crippen LogP contribution >= 0.6 is 0 Å². The van der Waals surface area contributed by atoms with Gasteiger partial charge in [-0.3, -0.25) is 0 Å². The average Bonchev–Trinajstić information content (AvgIpc) is 2.38. The van der Waals surface area contributed by atoms with Crippen LogP contribution < -0.4 is 4.72 Å². The van der Waals surface area contributed by atoms with E-state index in [1.807, 2.05) is 0 Å². The Labute approximate surface area is 117 Å². The molecule has 1 saturated heterocycles. The summed E-state index contributed by atoms with van der Waals surface area (Å²) >= 11 is 0. The van der Waals surface area contributed by atoms with Gasteiger partial charge in [-0.05, 0) is 38.0 Å². The molecule has 20 heavy (non-hydrogen) atoms. The maximum atomic E-state index is 13.2. The highest BCUT2D eigenvalue weighted by Crippen LogP contribution is 2.22. The van der Waals surface area contributed by atoms with Crippen LogP contribution in [0.1, 0.15) is 25.3 Å². The quantitative estimate of drug-likeness (QED) is 0.918. The third kappa shape index (κ3) is 3.15.